The van der Waals surface area contributed by atoms with Crippen LogP contribution in [0.15, 0.2) is 4.90 Å². The number of nitrogens with one attached hydrogen (secondary N) is 1. The van der Waals surface area contributed by atoms with Crippen LogP contribution in [0.25, 0.3) is 0 Å². The van der Waals surface area contributed by atoms with Crippen molar-refractivity contribution < 1.29 is 18.3 Å². The second-order valence-corrected chi connectivity index (χ2v) is 6.79. The van der Waals surface area contributed by atoms with Gasteiger partial charge in [-0.05, 0) is 19.8 Å². The number of hydrogen-bond donors (Lipinski definition) is 2. The van der Waals surface area contributed by atoms with Crippen LogP contribution in [0.2, 0.25) is 0 Å². The minimum absolute atomic E-state index is 0.0784. The summed E-state index contributed by atoms with van der Waals surface area (Å²) in [6.07, 6.45) is 1.80. The van der Waals surface area contributed by atoms with Crippen LogP contribution in [0.1, 0.15) is 38.1 Å². The zero-order chi connectivity index (χ0) is 16.2. The molecule has 0 saturated carbocycles. The van der Waals surface area contributed by atoms with Gasteiger partial charge in [0.15, 0.2) is 0 Å². The maximum absolute atomic E-state index is 12.4. The summed E-state index contributed by atoms with van der Waals surface area (Å²) in [6, 6.07) is 0. The molecule has 0 bridgehead atoms. The number of carboxylic acid groups (broad SMARTS) is 1. The van der Waals surface area contributed by atoms with E-state index in [2.05, 4.69) is 9.82 Å². The molecule has 1 aromatic rings. The van der Waals surface area contributed by atoms with Crippen molar-refractivity contribution in [1.29, 1.82) is 0 Å². The monoisotopic (exact) mass is 317 g/mol. The van der Waals surface area contributed by atoms with E-state index in [0.717, 1.165) is 12.8 Å². The van der Waals surface area contributed by atoms with Gasteiger partial charge in [-0.3, -0.25) is 9.48 Å². The van der Waals surface area contributed by atoms with Crippen molar-refractivity contribution in [2.75, 3.05) is 6.54 Å². The first-order chi connectivity index (χ1) is 9.72. The van der Waals surface area contributed by atoms with Crippen LogP contribution >= 0.6 is 0 Å². The van der Waals surface area contributed by atoms with E-state index in [4.69, 9.17) is 5.11 Å². The number of hydrogen-bond acceptors (Lipinski definition) is 4. The lowest BCUT2D eigenvalue weighted by Gasteiger charge is -2.13. The molecule has 0 aromatic carbocycles. The molecule has 0 saturated heterocycles. The Morgan fingerprint density at radius 1 is 1.33 bits per heavy atom. The number of aryl methyl sites for hydroxylation is 1. The Labute approximate surface area is 125 Å². The van der Waals surface area contributed by atoms with Crippen molar-refractivity contribution in [2.45, 2.75) is 52.0 Å². The fraction of sp³-hybridized carbons (Fsp3) is 0.692. The van der Waals surface area contributed by atoms with Crippen molar-refractivity contribution >= 4 is 16.0 Å². The van der Waals surface area contributed by atoms with E-state index in [1.807, 2.05) is 13.8 Å². The predicted molar refractivity (Wildman–Crippen MR) is 78.6 cm³/mol. The number of aromatic nitrogens is 2. The Balaban J connectivity index is 3.03. The molecule has 8 heteroatoms. The molecule has 0 amide bonds. The zero-order valence-electron chi connectivity index (χ0n) is 12.9. The zero-order valence-corrected chi connectivity index (χ0v) is 13.7. The van der Waals surface area contributed by atoms with Crippen molar-refractivity contribution in [1.82, 2.24) is 14.5 Å². The van der Waals surface area contributed by atoms with Gasteiger partial charge in [0.1, 0.15) is 11.4 Å². The number of aliphatic carboxylic acids is 1. The van der Waals surface area contributed by atoms with Crippen molar-refractivity contribution in [3.05, 3.63) is 11.4 Å². The fourth-order valence-corrected chi connectivity index (χ4v) is 3.75. The summed E-state index contributed by atoms with van der Waals surface area (Å²) in [5.41, 5.74) is 0.651. The third-order valence-corrected chi connectivity index (χ3v) is 5.26. The molecular weight excluding hydrogens is 294 g/mol. The minimum atomic E-state index is -3.68. The summed E-state index contributed by atoms with van der Waals surface area (Å²) in [4.78, 5) is 10.8. The maximum Gasteiger partial charge on any atom is 0.325 e. The minimum Gasteiger partial charge on any atom is -0.480 e. The number of carboxylic acids is 1. The molecule has 2 N–H and O–H groups in total. The molecule has 1 rings (SSSR count). The summed E-state index contributed by atoms with van der Waals surface area (Å²) in [5.74, 6) is -0.774. The average molecular weight is 317 g/mol. The van der Waals surface area contributed by atoms with Crippen LogP contribution in [0.5, 0.6) is 0 Å². The smallest absolute Gasteiger partial charge is 0.325 e. The van der Waals surface area contributed by atoms with Crippen molar-refractivity contribution in [3.8, 4) is 0 Å². The standard InChI is InChI=1S/C13H23N3O4S/c1-5-11(6-2)7-14-21(19,20)13-9(3)15-16(10(13)4)8-12(17)18/h11,14H,5-8H2,1-4H3,(H,17,18). The summed E-state index contributed by atoms with van der Waals surface area (Å²) >= 11 is 0. The molecular formula is C13H23N3O4S. The first-order valence-corrected chi connectivity index (χ1v) is 8.46. The topological polar surface area (TPSA) is 101 Å². The van der Waals surface area contributed by atoms with Gasteiger partial charge < -0.3 is 5.11 Å². The molecule has 21 heavy (non-hydrogen) atoms. The summed E-state index contributed by atoms with van der Waals surface area (Å²) < 4.78 is 28.6. The van der Waals surface area contributed by atoms with Crippen LogP contribution in [-0.2, 0) is 21.4 Å². The van der Waals surface area contributed by atoms with Crippen LogP contribution in [0, 0.1) is 19.8 Å². The molecule has 0 aliphatic carbocycles. The molecule has 1 heterocycles. The van der Waals surface area contributed by atoms with Gasteiger partial charge in [-0.25, -0.2) is 13.1 Å². The third-order valence-electron chi connectivity index (χ3n) is 3.59. The second-order valence-electron chi connectivity index (χ2n) is 5.09. The van der Waals surface area contributed by atoms with E-state index >= 15 is 0 Å². The Morgan fingerprint density at radius 3 is 2.38 bits per heavy atom. The normalized spacial score (nSPS) is 12.0. The highest BCUT2D eigenvalue weighted by atomic mass is 32.2. The van der Waals surface area contributed by atoms with Gasteiger partial charge in [-0.2, -0.15) is 5.10 Å². The SMILES string of the molecule is CCC(CC)CNS(=O)(=O)c1c(C)nn(CC(=O)O)c1C. The highest BCUT2D eigenvalue weighted by Crippen LogP contribution is 2.19. The van der Waals surface area contributed by atoms with E-state index < -0.39 is 16.0 Å². The lowest BCUT2D eigenvalue weighted by atomic mass is 10.0. The number of carbonyl (C=O) groups is 1. The number of sulfonamides is 1. The molecule has 120 valence electrons. The molecule has 0 aliphatic rings. The lowest BCUT2D eigenvalue weighted by Crippen LogP contribution is -2.29. The van der Waals surface area contributed by atoms with E-state index in [9.17, 15) is 13.2 Å². The summed E-state index contributed by atoms with van der Waals surface area (Å²) in [5, 5.41) is 12.8. The average Bonchev–Trinajstić information content (AvgIpc) is 2.65. The van der Waals surface area contributed by atoms with Crippen molar-refractivity contribution in [3.63, 3.8) is 0 Å². The highest BCUT2D eigenvalue weighted by molar-refractivity contribution is 7.89. The van der Waals surface area contributed by atoms with Crippen molar-refractivity contribution in [2.24, 2.45) is 5.92 Å². The molecule has 0 aliphatic heterocycles. The molecule has 1 aromatic heterocycles. The van der Waals surface area contributed by atoms with Gasteiger partial charge >= 0.3 is 5.97 Å². The molecule has 0 fully saturated rings. The van der Waals surface area contributed by atoms with E-state index in [1.54, 1.807) is 13.8 Å². The maximum atomic E-state index is 12.4. The van der Waals surface area contributed by atoms with Gasteiger partial charge in [0.05, 0.1) is 11.4 Å². The summed E-state index contributed by atoms with van der Waals surface area (Å²) in [6.45, 7) is 7.19. The van der Waals surface area contributed by atoms with Gasteiger partial charge in [0.2, 0.25) is 10.0 Å². The molecule has 0 unspecified atom stereocenters. The second kappa shape index (κ2) is 7.04. The largest absolute Gasteiger partial charge is 0.480 e. The third kappa shape index (κ3) is 4.28. The van der Waals surface area contributed by atoms with E-state index in [0.29, 0.717) is 17.9 Å². The predicted octanol–water partition coefficient (Wildman–Crippen LogP) is 1.30. The fourth-order valence-electron chi connectivity index (χ4n) is 2.23. The lowest BCUT2D eigenvalue weighted by molar-refractivity contribution is -0.137. The first-order valence-electron chi connectivity index (χ1n) is 6.98. The van der Waals surface area contributed by atoms with Gasteiger partial charge in [0.25, 0.3) is 0 Å². The summed E-state index contributed by atoms with van der Waals surface area (Å²) in [7, 11) is -3.68. The highest BCUT2D eigenvalue weighted by Gasteiger charge is 2.25. The molecule has 0 atom stereocenters. The van der Waals surface area contributed by atoms with Gasteiger partial charge in [0, 0.05) is 6.54 Å². The van der Waals surface area contributed by atoms with Gasteiger partial charge in [-0.1, -0.05) is 26.7 Å². The number of rotatable bonds is 8. The van der Waals surface area contributed by atoms with E-state index in [-0.39, 0.29) is 17.4 Å². The number of nitrogens with zero attached hydrogens (tertiary/aromatic N) is 2. The van der Waals surface area contributed by atoms with Gasteiger partial charge in [-0.15, -0.1) is 0 Å². The Kier molecular flexibility index (Phi) is 5.91. The Bertz CT molecular complexity index is 603. The molecule has 7 nitrogen and oxygen atoms in total. The van der Waals surface area contributed by atoms with Crippen LogP contribution in [0.4, 0.5) is 0 Å². The Hall–Kier alpha value is -1.41. The van der Waals surface area contributed by atoms with Crippen LogP contribution in [-0.4, -0.2) is 35.8 Å². The van der Waals surface area contributed by atoms with E-state index in [1.165, 1.54) is 4.68 Å². The molecule has 0 spiro atoms. The quantitative estimate of drug-likeness (QED) is 0.752. The molecule has 0 radical (unpaired) electrons. The van der Waals surface area contributed by atoms with Crippen LogP contribution in [0.3, 0.4) is 0 Å². The first kappa shape index (κ1) is 17.6. The Morgan fingerprint density at radius 2 is 1.90 bits per heavy atom. The van der Waals surface area contributed by atoms with Crippen LogP contribution < -0.4 is 4.72 Å².